The molecule has 2 aromatic rings. The molecule has 1 nitrogen and oxygen atoms in total. The van der Waals surface area contributed by atoms with Gasteiger partial charge in [-0.15, -0.1) is 0 Å². The summed E-state index contributed by atoms with van der Waals surface area (Å²) in [5.41, 5.74) is 5.49. The van der Waals surface area contributed by atoms with Crippen LogP contribution in [0.25, 0.3) is 11.1 Å². The van der Waals surface area contributed by atoms with Gasteiger partial charge in [-0.1, -0.05) is 74.2 Å². The molecule has 0 bridgehead atoms. The number of rotatable bonds is 12. The highest BCUT2D eigenvalue weighted by atomic mass is 19.1. The number of benzene rings is 2. The summed E-state index contributed by atoms with van der Waals surface area (Å²) in [5.74, 6) is 2.87. The van der Waals surface area contributed by atoms with Crippen LogP contribution in [0.15, 0.2) is 48.5 Å². The molecule has 2 aliphatic rings. The second-order valence-electron chi connectivity index (χ2n) is 11.3. The maximum absolute atomic E-state index is 12.2. The number of ether oxygens (including phenoxy) is 1. The highest BCUT2D eigenvalue weighted by Gasteiger charge is 2.30. The number of alkyl halides is 1. The second-order valence-corrected chi connectivity index (χ2v) is 11.3. The van der Waals surface area contributed by atoms with E-state index in [4.69, 9.17) is 4.74 Å². The van der Waals surface area contributed by atoms with E-state index >= 15 is 0 Å². The van der Waals surface area contributed by atoms with Crippen LogP contribution in [0.2, 0.25) is 0 Å². The van der Waals surface area contributed by atoms with Crippen molar-refractivity contribution in [1.29, 1.82) is 0 Å². The molecule has 0 saturated heterocycles. The molecule has 35 heavy (non-hydrogen) atoms. The Labute approximate surface area is 213 Å². The van der Waals surface area contributed by atoms with Crippen LogP contribution in [0.1, 0.15) is 94.6 Å². The molecule has 2 saturated carbocycles. The number of hydrogen-bond acceptors (Lipinski definition) is 1. The fourth-order valence-corrected chi connectivity index (χ4v) is 6.62. The van der Waals surface area contributed by atoms with Crippen LogP contribution in [0, 0.1) is 17.8 Å². The molecule has 0 N–H and O–H groups in total. The van der Waals surface area contributed by atoms with Gasteiger partial charge in [0.05, 0.1) is 12.8 Å². The van der Waals surface area contributed by atoms with Gasteiger partial charge in [-0.25, -0.2) is 0 Å². The van der Waals surface area contributed by atoms with E-state index in [1.807, 2.05) is 7.11 Å². The van der Waals surface area contributed by atoms with Crippen LogP contribution in [0.5, 0.6) is 0 Å². The van der Waals surface area contributed by atoms with Gasteiger partial charge < -0.3 is 4.74 Å². The van der Waals surface area contributed by atoms with Crippen molar-refractivity contribution in [2.75, 3.05) is 13.8 Å². The normalized spacial score (nSPS) is 25.0. The minimum Gasteiger partial charge on any atom is -0.381 e. The lowest BCUT2D eigenvalue weighted by Gasteiger charge is -2.37. The fraction of sp³-hybridized carbons (Fsp3) is 0.636. The van der Waals surface area contributed by atoms with Gasteiger partial charge in [0.1, 0.15) is 0 Å². The minimum atomic E-state index is -0.175. The Bertz CT molecular complexity index is 826. The highest BCUT2D eigenvalue weighted by Crippen LogP contribution is 2.41. The first-order valence-corrected chi connectivity index (χ1v) is 14.5. The van der Waals surface area contributed by atoms with E-state index in [9.17, 15) is 4.39 Å². The Kier molecular flexibility index (Phi) is 10.7. The van der Waals surface area contributed by atoms with E-state index in [-0.39, 0.29) is 6.67 Å². The van der Waals surface area contributed by atoms with Gasteiger partial charge in [0.15, 0.2) is 0 Å². The van der Waals surface area contributed by atoms with E-state index in [2.05, 4.69) is 48.5 Å². The molecule has 0 aliphatic heterocycles. The number of methoxy groups -OCH3 is 1. The summed E-state index contributed by atoms with van der Waals surface area (Å²) >= 11 is 0. The largest absolute Gasteiger partial charge is 0.381 e. The zero-order chi connectivity index (χ0) is 24.3. The van der Waals surface area contributed by atoms with Crippen molar-refractivity contribution in [1.82, 2.24) is 0 Å². The molecule has 2 fully saturated rings. The van der Waals surface area contributed by atoms with Gasteiger partial charge in [-0.3, -0.25) is 4.39 Å². The van der Waals surface area contributed by atoms with E-state index < -0.39 is 0 Å². The Balaban J connectivity index is 1.16. The maximum Gasteiger partial charge on any atom is 0.0894 e. The number of unbranched alkanes of at least 4 members (excludes halogenated alkanes) is 3. The molecule has 4 rings (SSSR count). The molecule has 192 valence electrons. The standard InChI is InChI=1S/C33H47FO/c1-35-33-23-21-32(22-24-33)31-19-13-28(14-20-31)8-7-27-11-17-30(18-12-27)29-15-9-26(10-16-29)6-4-2-3-5-25-34/h9-12,15-18,28,31-33H,2-8,13-14,19-25H2,1H3. The zero-order valence-corrected chi connectivity index (χ0v) is 22.0. The molecular formula is C33H47FO. The van der Waals surface area contributed by atoms with Crippen molar-refractivity contribution >= 4 is 0 Å². The first kappa shape index (κ1) is 26.4. The third-order valence-corrected chi connectivity index (χ3v) is 9.04. The predicted octanol–water partition coefficient (Wildman–Crippen LogP) is 9.37. The van der Waals surface area contributed by atoms with Crippen molar-refractivity contribution in [3.63, 3.8) is 0 Å². The van der Waals surface area contributed by atoms with Gasteiger partial charge in [0.2, 0.25) is 0 Å². The fourth-order valence-electron chi connectivity index (χ4n) is 6.62. The van der Waals surface area contributed by atoms with Crippen LogP contribution < -0.4 is 0 Å². The second kappa shape index (κ2) is 14.2. The third kappa shape index (κ3) is 8.17. The minimum absolute atomic E-state index is 0.175. The SMILES string of the molecule is COC1CCC(C2CCC(CCc3ccc(-c4ccc(CCCCCCF)cc4)cc3)CC2)CC1. The number of halogens is 1. The molecule has 2 aromatic carbocycles. The topological polar surface area (TPSA) is 9.23 Å². The van der Waals surface area contributed by atoms with Gasteiger partial charge >= 0.3 is 0 Å². The van der Waals surface area contributed by atoms with Gasteiger partial charge in [0.25, 0.3) is 0 Å². The molecule has 0 spiro atoms. The summed E-state index contributed by atoms with van der Waals surface area (Å²) in [6.07, 6.45) is 19.4. The molecule has 0 atom stereocenters. The maximum atomic E-state index is 12.2. The molecule has 2 heteroatoms. The van der Waals surface area contributed by atoms with Crippen LogP contribution in [-0.4, -0.2) is 19.9 Å². The molecule has 2 aliphatic carbocycles. The zero-order valence-electron chi connectivity index (χ0n) is 22.0. The lowest BCUT2D eigenvalue weighted by Crippen LogP contribution is -2.28. The summed E-state index contributed by atoms with van der Waals surface area (Å²) in [5, 5.41) is 0. The average molecular weight is 479 g/mol. The molecule has 0 heterocycles. The predicted molar refractivity (Wildman–Crippen MR) is 147 cm³/mol. The lowest BCUT2D eigenvalue weighted by molar-refractivity contribution is 0.0392. The van der Waals surface area contributed by atoms with Gasteiger partial charge in [0, 0.05) is 7.11 Å². The Morgan fingerprint density at radius 2 is 1.14 bits per heavy atom. The molecule has 0 unspecified atom stereocenters. The molecule has 0 radical (unpaired) electrons. The number of aryl methyl sites for hydroxylation is 2. The van der Waals surface area contributed by atoms with E-state index in [0.717, 1.165) is 43.4 Å². The van der Waals surface area contributed by atoms with Crippen LogP contribution in [0.4, 0.5) is 4.39 Å². The summed E-state index contributed by atoms with van der Waals surface area (Å²) in [6, 6.07) is 18.3. The van der Waals surface area contributed by atoms with Crippen LogP contribution in [0.3, 0.4) is 0 Å². The quantitative estimate of drug-likeness (QED) is 0.276. The van der Waals surface area contributed by atoms with E-state index in [1.54, 1.807) is 0 Å². The van der Waals surface area contributed by atoms with Crippen molar-refractivity contribution in [2.24, 2.45) is 17.8 Å². The molecule has 0 amide bonds. The van der Waals surface area contributed by atoms with Gasteiger partial charge in [-0.2, -0.15) is 0 Å². The Hall–Kier alpha value is -1.67. The summed E-state index contributed by atoms with van der Waals surface area (Å²) < 4.78 is 17.8. The Morgan fingerprint density at radius 1 is 0.629 bits per heavy atom. The molecular weight excluding hydrogens is 431 g/mol. The third-order valence-electron chi connectivity index (χ3n) is 9.04. The smallest absolute Gasteiger partial charge is 0.0894 e. The van der Waals surface area contributed by atoms with Crippen molar-refractivity contribution in [2.45, 2.75) is 102 Å². The van der Waals surface area contributed by atoms with Crippen LogP contribution in [-0.2, 0) is 17.6 Å². The molecule has 0 aromatic heterocycles. The highest BCUT2D eigenvalue weighted by molar-refractivity contribution is 5.64. The monoisotopic (exact) mass is 478 g/mol. The average Bonchev–Trinajstić information content (AvgIpc) is 2.93. The number of hydrogen-bond donors (Lipinski definition) is 0. The van der Waals surface area contributed by atoms with E-state index in [1.165, 1.54) is 86.5 Å². The van der Waals surface area contributed by atoms with E-state index in [0.29, 0.717) is 12.5 Å². The Morgan fingerprint density at radius 3 is 1.69 bits per heavy atom. The van der Waals surface area contributed by atoms with Crippen LogP contribution >= 0.6 is 0 Å². The van der Waals surface area contributed by atoms with Crippen molar-refractivity contribution in [3.8, 4) is 11.1 Å². The van der Waals surface area contributed by atoms with Crippen molar-refractivity contribution < 1.29 is 9.13 Å². The summed E-state index contributed by atoms with van der Waals surface area (Å²) in [7, 11) is 1.88. The summed E-state index contributed by atoms with van der Waals surface area (Å²) in [6.45, 7) is -0.175. The summed E-state index contributed by atoms with van der Waals surface area (Å²) in [4.78, 5) is 0. The van der Waals surface area contributed by atoms with Crippen molar-refractivity contribution in [3.05, 3.63) is 59.7 Å². The van der Waals surface area contributed by atoms with Gasteiger partial charge in [-0.05, 0) is 111 Å². The first-order valence-electron chi connectivity index (χ1n) is 14.5. The lowest BCUT2D eigenvalue weighted by atomic mass is 9.70. The first-order chi connectivity index (χ1) is 17.2.